The number of nitrogens with zero attached hydrogens (tertiary/aromatic N) is 1. The van der Waals surface area contributed by atoms with E-state index in [1.807, 2.05) is 14.0 Å². The van der Waals surface area contributed by atoms with Gasteiger partial charge in [0.05, 0.1) is 5.92 Å². The lowest BCUT2D eigenvalue weighted by Crippen LogP contribution is -2.33. The van der Waals surface area contributed by atoms with Crippen LogP contribution in [0.5, 0.6) is 0 Å². The normalized spacial score (nSPS) is 21.8. The van der Waals surface area contributed by atoms with E-state index in [0.717, 1.165) is 25.9 Å². The molecule has 5 heteroatoms. The molecule has 5 nitrogen and oxygen atoms in total. The Bertz CT molecular complexity index is 294. The maximum atomic E-state index is 11.8. The molecule has 0 spiro atoms. The fraction of sp³-hybridized carbons (Fsp3) is 0.846. The summed E-state index contributed by atoms with van der Waals surface area (Å²) >= 11 is 0. The highest BCUT2D eigenvalue weighted by molar-refractivity contribution is 5.79. The van der Waals surface area contributed by atoms with Crippen molar-refractivity contribution in [2.75, 3.05) is 26.7 Å². The number of hydrogen-bond acceptors (Lipinski definition) is 3. The minimum atomic E-state index is -0.750. The molecule has 1 amide bonds. The van der Waals surface area contributed by atoms with E-state index in [1.165, 1.54) is 0 Å². The molecule has 2 atom stereocenters. The molecule has 104 valence electrons. The molecule has 0 aromatic carbocycles. The van der Waals surface area contributed by atoms with Gasteiger partial charge in [-0.05, 0) is 38.8 Å². The summed E-state index contributed by atoms with van der Waals surface area (Å²) in [4.78, 5) is 24.4. The smallest absolute Gasteiger partial charge is 0.303 e. The van der Waals surface area contributed by atoms with Crippen molar-refractivity contribution in [3.8, 4) is 0 Å². The number of likely N-dealkylation sites (tertiary alicyclic amines) is 1. The quantitative estimate of drug-likeness (QED) is 0.711. The topological polar surface area (TPSA) is 69.6 Å². The van der Waals surface area contributed by atoms with Crippen LogP contribution in [0.15, 0.2) is 0 Å². The van der Waals surface area contributed by atoms with Crippen molar-refractivity contribution in [1.29, 1.82) is 0 Å². The Kier molecular flexibility index (Phi) is 6.12. The monoisotopic (exact) mass is 256 g/mol. The maximum absolute atomic E-state index is 11.8. The Morgan fingerprint density at radius 2 is 2.17 bits per heavy atom. The van der Waals surface area contributed by atoms with Crippen molar-refractivity contribution in [3.05, 3.63) is 0 Å². The molecule has 1 aliphatic heterocycles. The Balaban J connectivity index is 2.09. The van der Waals surface area contributed by atoms with Crippen LogP contribution >= 0.6 is 0 Å². The number of carbonyl (C=O) groups is 2. The van der Waals surface area contributed by atoms with Gasteiger partial charge in [0.15, 0.2) is 0 Å². The highest BCUT2D eigenvalue weighted by Gasteiger charge is 2.25. The summed E-state index contributed by atoms with van der Waals surface area (Å²) in [5.74, 6) is -0.137. The van der Waals surface area contributed by atoms with E-state index < -0.39 is 5.97 Å². The first-order valence-corrected chi connectivity index (χ1v) is 6.67. The average molecular weight is 256 g/mol. The second-order valence-electron chi connectivity index (χ2n) is 5.37. The largest absolute Gasteiger partial charge is 0.481 e. The lowest BCUT2D eigenvalue weighted by atomic mass is 10.0. The third-order valence-corrected chi connectivity index (χ3v) is 3.55. The van der Waals surface area contributed by atoms with Crippen molar-refractivity contribution >= 4 is 11.9 Å². The Morgan fingerprint density at radius 3 is 2.72 bits per heavy atom. The fourth-order valence-electron chi connectivity index (χ4n) is 2.25. The summed E-state index contributed by atoms with van der Waals surface area (Å²) in [6.07, 6.45) is 2.68. The van der Waals surface area contributed by atoms with Crippen molar-refractivity contribution in [2.24, 2.45) is 11.8 Å². The number of aliphatic carboxylic acids is 1. The van der Waals surface area contributed by atoms with Gasteiger partial charge in [-0.25, -0.2) is 0 Å². The van der Waals surface area contributed by atoms with E-state index in [9.17, 15) is 9.59 Å². The molecule has 1 saturated heterocycles. The van der Waals surface area contributed by atoms with Crippen LogP contribution in [0, 0.1) is 11.8 Å². The van der Waals surface area contributed by atoms with Crippen molar-refractivity contribution in [1.82, 2.24) is 10.2 Å². The number of hydrogen-bond donors (Lipinski definition) is 2. The van der Waals surface area contributed by atoms with Crippen LogP contribution < -0.4 is 5.32 Å². The van der Waals surface area contributed by atoms with E-state index in [-0.39, 0.29) is 18.2 Å². The van der Waals surface area contributed by atoms with E-state index in [4.69, 9.17) is 5.11 Å². The number of nitrogens with one attached hydrogen (secondary N) is 1. The van der Waals surface area contributed by atoms with Gasteiger partial charge in [0.2, 0.25) is 5.91 Å². The summed E-state index contributed by atoms with van der Waals surface area (Å²) in [5.41, 5.74) is 0. The molecule has 0 aromatic heterocycles. The summed E-state index contributed by atoms with van der Waals surface area (Å²) in [7, 11) is 2.03. The Hall–Kier alpha value is -1.10. The summed E-state index contributed by atoms with van der Waals surface area (Å²) in [6.45, 7) is 4.52. The first-order valence-electron chi connectivity index (χ1n) is 6.67. The fourth-order valence-corrected chi connectivity index (χ4v) is 2.25. The van der Waals surface area contributed by atoms with Gasteiger partial charge in [0, 0.05) is 19.5 Å². The summed E-state index contributed by atoms with van der Waals surface area (Å²) in [5, 5.41) is 11.5. The minimum Gasteiger partial charge on any atom is -0.481 e. The van der Waals surface area contributed by atoms with Crippen molar-refractivity contribution in [3.63, 3.8) is 0 Å². The number of rotatable bonds is 7. The highest BCUT2D eigenvalue weighted by Crippen LogP contribution is 2.14. The maximum Gasteiger partial charge on any atom is 0.303 e. The second-order valence-corrected chi connectivity index (χ2v) is 5.37. The Labute approximate surface area is 109 Å². The standard InChI is InChI=1S/C13H24N2O3/c1-10(3-4-12(16)17)5-7-14-13(18)11-6-8-15(2)9-11/h10-11H,3-9H2,1-2H3,(H,14,18)(H,16,17). The molecule has 1 aliphatic rings. The molecule has 1 fully saturated rings. The molecule has 0 bridgehead atoms. The number of carboxylic acids is 1. The van der Waals surface area contributed by atoms with E-state index >= 15 is 0 Å². The van der Waals surface area contributed by atoms with Gasteiger partial charge in [-0.2, -0.15) is 0 Å². The zero-order chi connectivity index (χ0) is 13.5. The predicted molar refractivity (Wildman–Crippen MR) is 69.3 cm³/mol. The highest BCUT2D eigenvalue weighted by atomic mass is 16.4. The number of amides is 1. The third-order valence-electron chi connectivity index (χ3n) is 3.55. The van der Waals surface area contributed by atoms with Crippen LogP contribution in [-0.2, 0) is 9.59 Å². The first-order chi connectivity index (χ1) is 8.49. The van der Waals surface area contributed by atoms with Gasteiger partial charge >= 0.3 is 5.97 Å². The molecule has 2 unspecified atom stereocenters. The second kappa shape index (κ2) is 7.36. The third kappa shape index (κ3) is 5.49. The lowest BCUT2D eigenvalue weighted by Gasteiger charge is -2.13. The molecule has 1 rings (SSSR count). The van der Waals surface area contributed by atoms with Crippen LogP contribution in [0.3, 0.4) is 0 Å². The molecule has 0 radical (unpaired) electrons. The van der Waals surface area contributed by atoms with Crippen LogP contribution in [0.25, 0.3) is 0 Å². The molecule has 0 saturated carbocycles. The van der Waals surface area contributed by atoms with Crippen LogP contribution in [0.4, 0.5) is 0 Å². The van der Waals surface area contributed by atoms with Gasteiger partial charge in [-0.1, -0.05) is 6.92 Å². The summed E-state index contributed by atoms with van der Waals surface area (Å²) in [6, 6.07) is 0. The molecule has 18 heavy (non-hydrogen) atoms. The van der Waals surface area contributed by atoms with Crippen LogP contribution in [0.1, 0.15) is 32.6 Å². The van der Waals surface area contributed by atoms with E-state index in [1.54, 1.807) is 0 Å². The molecule has 0 aromatic rings. The first kappa shape index (κ1) is 15.0. The Morgan fingerprint density at radius 1 is 1.44 bits per heavy atom. The summed E-state index contributed by atoms with van der Waals surface area (Å²) < 4.78 is 0. The molecular weight excluding hydrogens is 232 g/mol. The number of carboxylic acid groups (broad SMARTS) is 1. The molecular formula is C13H24N2O3. The van der Waals surface area contributed by atoms with Crippen molar-refractivity contribution in [2.45, 2.75) is 32.6 Å². The zero-order valence-electron chi connectivity index (χ0n) is 11.3. The van der Waals surface area contributed by atoms with Gasteiger partial charge in [-0.15, -0.1) is 0 Å². The molecule has 0 aliphatic carbocycles. The minimum absolute atomic E-state index is 0.129. The van der Waals surface area contributed by atoms with Crippen molar-refractivity contribution < 1.29 is 14.7 Å². The van der Waals surface area contributed by atoms with Gasteiger partial charge in [0.1, 0.15) is 0 Å². The SMILES string of the molecule is CC(CCNC(=O)C1CCN(C)C1)CCC(=O)O. The van der Waals surface area contributed by atoms with Gasteiger partial charge in [-0.3, -0.25) is 9.59 Å². The zero-order valence-corrected chi connectivity index (χ0v) is 11.3. The number of carbonyl (C=O) groups excluding carboxylic acids is 1. The lowest BCUT2D eigenvalue weighted by molar-refractivity contribution is -0.137. The van der Waals surface area contributed by atoms with Crippen LogP contribution in [-0.4, -0.2) is 48.6 Å². The van der Waals surface area contributed by atoms with Gasteiger partial charge in [0.25, 0.3) is 0 Å². The van der Waals surface area contributed by atoms with Gasteiger partial charge < -0.3 is 15.3 Å². The van der Waals surface area contributed by atoms with E-state index in [2.05, 4.69) is 10.2 Å². The molecule has 1 heterocycles. The predicted octanol–water partition coefficient (Wildman–Crippen LogP) is 0.945. The van der Waals surface area contributed by atoms with E-state index in [0.29, 0.717) is 18.9 Å². The van der Waals surface area contributed by atoms with Crippen LogP contribution in [0.2, 0.25) is 0 Å². The average Bonchev–Trinajstić information content (AvgIpc) is 2.73. The molecule has 2 N–H and O–H groups in total.